The lowest BCUT2D eigenvalue weighted by atomic mass is 9.93. The number of benzene rings is 3. The first-order valence-corrected chi connectivity index (χ1v) is 17.2. The largest absolute Gasteiger partial charge is 0.494 e. The van der Waals surface area contributed by atoms with Gasteiger partial charge in [0.25, 0.3) is 5.91 Å². The van der Waals surface area contributed by atoms with Gasteiger partial charge in [-0.25, -0.2) is 4.79 Å². The molecular formula is C38H40Cl2N4O5. The van der Waals surface area contributed by atoms with E-state index in [1.807, 2.05) is 68.6 Å². The molecule has 3 aromatic carbocycles. The molecule has 11 heteroatoms. The van der Waals surface area contributed by atoms with Crippen LogP contribution >= 0.6 is 23.2 Å². The molecule has 0 atom stereocenters. The molecule has 1 fully saturated rings. The van der Waals surface area contributed by atoms with Crippen LogP contribution in [0.25, 0.3) is 16.7 Å². The van der Waals surface area contributed by atoms with Crippen LogP contribution in [0, 0.1) is 27.7 Å². The molecule has 2 aliphatic rings. The van der Waals surface area contributed by atoms with Crippen molar-refractivity contribution in [3.05, 3.63) is 97.3 Å². The number of aromatic nitrogens is 2. The molecule has 0 saturated carbocycles. The van der Waals surface area contributed by atoms with E-state index in [2.05, 4.69) is 10.4 Å². The molecule has 2 N–H and O–H groups in total. The van der Waals surface area contributed by atoms with Crippen LogP contribution in [-0.4, -0.2) is 59.7 Å². The van der Waals surface area contributed by atoms with E-state index in [9.17, 15) is 14.7 Å². The molecule has 9 nitrogen and oxygen atoms in total. The number of carbonyl (C=O) groups excluding carboxylic acids is 1. The molecule has 0 unspecified atom stereocenters. The first kappa shape index (κ1) is 34.5. The molecule has 1 amide bonds. The fraction of sp³-hybridized carbons (Fsp3) is 0.342. The zero-order valence-corrected chi connectivity index (χ0v) is 29.9. The van der Waals surface area contributed by atoms with Gasteiger partial charge in [-0.2, -0.15) is 5.10 Å². The van der Waals surface area contributed by atoms with Gasteiger partial charge in [0.15, 0.2) is 0 Å². The molecule has 4 aromatic rings. The van der Waals surface area contributed by atoms with Crippen LogP contribution in [0.5, 0.6) is 5.75 Å². The van der Waals surface area contributed by atoms with Crippen molar-refractivity contribution in [3.8, 4) is 16.9 Å². The van der Waals surface area contributed by atoms with Gasteiger partial charge in [-0.05, 0) is 105 Å². The first-order valence-electron chi connectivity index (χ1n) is 16.4. The number of carbonyl (C=O) groups is 2. The second kappa shape index (κ2) is 14.3. The maximum Gasteiger partial charge on any atom is 0.337 e. The predicted octanol–water partition coefficient (Wildman–Crippen LogP) is 7.97. The summed E-state index contributed by atoms with van der Waals surface area (Å²) in [6.45, 7) is 10.5. The van der Waals surface area contributed by atoms with Crippen LogP contribution in [-0.2, 0) is 23.0 Å². The minimum Gasteiger partial charge on any atom is -0.494 e. The van der Waals surface area contributed by atoms with E-state index in [-0.39, 0.29) is 11.5 Å². The van der Waals surface area contributed by atoms with Gasteiger partial charge in [-0.3, -0.25) is 9.48 Å². The Morgan fingerprint density at radius 3 is 2.37 bits per heavy atom. The lowest BCUT2D eigenvalue weighted by Crippen LogP contribution is -2.37. The van der Waals surface area contributed by atoms with Crippen molar-refractivity contribution in [1.82, 2.24) is 9.78 Å². The molecule has 1 saturated heterocycles. The van der Waals surface area contributed by atoms with E-state index in [0.717, 1.165) is 61.1 Å². The van der Waals surface area contributed by atoms with Crippen LogP contribution < -0.4 is 15.0 Å². The summed E-state index contributed by atoms with van der Waals surface area (Å²) in [7, 11) is 1.91. The van der Waals surface area contributed by atoms with Crippen molar-refractivity contribution in [2.75, 3.05) is 43.1 Å². The monoisotopic (exact) mass is 702 g/mol. The number of nitrogens with zero attached hydrogens (tertiary/aromatic N) is 3. The average Bonchev–Trinajstić information content (AvgIpc) is 3.57. The number of rotatable bonds is 10. The van der Waals surface area contributed by atoms with Crippen LogP contribution in [0.15, 0.2) is 48.0 Å². The van der Waals surface area contributed by atoms with Gasteiger partial charge >= 0.3 is 5.97 Å². The molecule has 0 radical (unpaired) electrons. The molecule has 6 rings (SSSR count). The van der Waals surface area contributed by atoms with Gasteiger partial charge in [-0.1, -0.05) is 29.3 Å². The minimum absolute atomic E-state index is 0.181. The number of nitrogens with one attached hydrogen (secondary N) is 1. The van der Waals surface area contributed by atoms with Gasteiger partial charge in [0.05, 0.1) is 36.8 Å². The summed E-state index contributed by atoms with van der Waals surface area (Å²) in [6, 6.07) is 12.7. The fourth-order valence-electron chi connectivity index (χ4n) is 6.93. The van der Waals surface area contributed by atoms with E-state index in [1.54, 1.807) is 18.2 Å². The van der Waals surface area contributed by atoms with Crippen molar-refractivity contribution >= 4 is 52.0 Å². The van der Waals surface area contributed by atoms with Crippen molar-refractivity contribution in [2.24, 2.45) is 7.05 Å². The molecule has 256 valence electrons. The number of aromatic carboxylic acids is 1. The van der Waals surface area contributed by atoms with Crippen molar-refractivity contribution in [2.45, 2.75) is 47.0 Å². The zero-order chi connectivity index (χ0) is 35.0. The summed E-state index contributed by atoms with van der Waals surface area (Å²) in [5.74, 6) is -0.503. The maximum absolute atomic E-state index is 14.2. The number of allylic oxidation sites excluding steroid dienone is 1. The highest BCUT2D eigenvalue weighted by Gasteiger charge is 2.31. The third-order valence-electron chi connectivity index (χ3n) is 9.43. The third kappa shape index (κ3) is 6.93. The van der Waals surface area contributed by atoms with Crippen LogP contribution in [0.1, 0.15) is 56.8 Å². The Bertz CT molecular complexity index is 1970. The second-order valence-corrected chi connectivity index (χ2v) is 13.5. The normalized spacial score (nSPS) is 14.3. The number of carboxylic acids is 1. The zero-order valence-electron chi connectivity index (χ0n) is 28.4. The number of morpholine rings is 1. The number of aryl methyl sites for hydroxylation is 4. The molecular weight excluding hydrogens is 663 g/mol. The smallest absolute Gasteiger partial charge is 0.337 e. The molecule has 2 heterocycles. The van der Waals surface area contributed by atoms with E-state index < -0.39 is 5.97 Å². The Kier molecular flexibility index (Phi) is 10.1. The van der Waals surface area contributed by atoms with Crippen molar-refractivity contribution in [3.63, 3.8) is 0 Å². The number of hydrogen-bond acceptors (Lipinski definition) is 6. The van der Waals surface area contributed by atoms with E-state index >= 15 is 0 Å². The van der Waals surface area contributed by atoms with E-state index in [4.69, 9.17) is 32.7 Å². The van der Waals surface area contributed by atoms with E-state index in [0.29, 0.717) is 74.1 Å². The lowest BCUT2D eigenvalue weighted by molar-refractivity contribution is -0.112. The minimum atomic E-state index is -1.02. The Balaban J connectivity index is 1.33. The number of ether oxygens (including phenoxy) is 2. The molecule has 49 heavy (non-hydrogen) atoms. The van der Waals surface area contributed by atoms with Crippen LogP contribution in [0.3, 0.4) is 0 Å². The number of fused-ring (bicyclic) bond motifs is 1. The summed E-state index contributed by atoms with van der Waals surface area (Å²) in [4.78, 5) is 28.3. The Hall–Kier alpha value is -4.31. The van der Waals surface area contributed by atoms with Gasteiger partial charge in [0, 0.05) is 64.7 Å². The lowest BCUT2D eigenvalue weighted by Gasteiger charge is -2.30. The number of amides is 1. The topological polar surface area (TPSA) is 106 Å². The first-order chi connectivity index (χ1) is 23.4. The molecule has 1 aromatic heterocycles. The highest BCUT2D eigenvalue weighted by molar-refractivity contribution is 6.34. The predicted molar refractivity (Wildman–Crippen MR) is 194 cm³/mol. The SMILES string of the molecule is Cc1cc(OCCCC2=C(C(=O)Nc3ccc(C(=O)O)c(N4CCOCC4)c3)Cc3c2ccc(Cl)c3-c2c(C)nn(C)c2C)cc(C)c1Cl. The van der Waals surface area contributed by atoms with Gasteiger partial charge in [0.2, 0.25) is 0 Å². The standard InChI is InChI=1S/C38H40Cl2N4O5/c1-21-17-26(18-22(2)36(21)40)49-14-6-7-27-28-10-11-32(39)35(34-23(3)42-43(5)24(34)4)30(28)20-31(27)37(45)41-25-8-9-29(38(46)47)33(19-25)44-12-15-48-16-13-44/h8-11,17-19H,6-7,12-16,20H2,1-5H3,(H,41,45)(H,46,47). The van der Waals surface area contributed by atoms with Crippen molar-refractivity contribution in [1.29, 1.82) is 0 Å². The average molecular weight is 704 g/mol. The summed E-state index contributed by atoms with van der Waals surface area (Å²) in [5, 5.41) is 19.0. The van der Waals surface area contributed by atoms with E-state index in [1.165, 1.54) is 0 Å². The fourth-order valence-corrected chi connectivity index (χ4v) is 7.31. The number of hydrogen-bond donors (Lipinski definition) is 2. The quantitative estimate of drug-likeness (QED) is 0.162. The molecule has 0 spiro atoms. The van der Waals surface area contributed by atoms with Gasteiger partial charge in [0.1, 0.15) is 5.75 Å². The molecule has 1 aliphatic heterocycles. The Morgan fingerprint density at radius 1 is 1.00 bits per heavy atom. The summed E-state index contributed by atoms with van der Waals surface area (Å²) in [6.07, 6.45) is 1.66. The summed E-state index contributed by atoms with van der Waals surface area (Å²) >= 11 is 13.3. The number of anilines is 2. The van der Waals surface area contributed by atoms with Gasteiger partial charge < -0.3 is 24.8 Å². The number of carboxylic acid groups (broad SMARTS) is 1. The Morgan fingerprint density at radius 2 is 1.71 bits per heavy atom. The third-order valence-corrected chi connectivity index (χ3v) is 10.3. The number of halogens is 2. The van der Waals surface area contributed by atoms with Crippen LogP contribution in [0.2, 0.25) is 10.0 Å². The maximum atomic E-state index is 14.2. The highest BCUT2D eigenvalue weighted by Crippen LogP contribution is 2.46. The molecule has 1 aliphatic carbocycles. The van der Waals surface area contributed by atoms with Crippen LogP contribution in [0.4, 0.5) is 11.4 Å². The van der Waals surface area contributed by atoms with Gasteiger partial charge in [-0.15, -0.1) is 0 Å². The molecule has 0 bridgehead atoms. The van der Waals surface area contributed by atoms with Crippen molar-refractivity contribution < 1.29 is 24.2 Å². The second-order valence-electron chi connectivity index (χ2n) is 12.7. The highest BCUT2D eigenvalue weighted by atomic mass is 35.5. The Labute approximate surface area is 296 Å². The summed E-state index contributed by atoms with van der Waals surface area (Å²) < 4.78 is 13.5. The summed E-state index contributed by atoms with van der Waals surface area (Å²) in [5.41, 5.74) is 10.5.